The second-order valence-corrected chi connectivity index (χ2v) is 6.33. The van der Waals surface area contributed by atoms with Crippen molar-refractivity contribution in [2.45, 2.75) is 25.3 Å². The first-order valence-electron chi connectivity index (χ1n) is 7.43. The molecule has 0 aromatic carbocycles. The molecule has 2 fully saturated rings. The summed E-state index contributed by atoms with van der Waals surface area (Å²) in [6.07, 6.45) is 4.97. The van der Waals surface area contributed by atoms with Gasteiger partial charge in [0, 0.05) is 18.3 Å². The van der Waals surface area contributed by atoms with Gasteiger partial charge in [-0.25, -0.2) is 4.98 Å². The molecule has 21 heavy (non-hydrogen) atoms. The lowest BCUT2D eigenvalue weighted by Gasteiger charge is -2.26. The van der Waals surface area contributed by atoms with Crippen LogP contribution in [0.1, 0.15) is 19.3 Å². The molecule has 4 atom stereocenters. The molecule has 2 bridgehead atoms. The fraction of sp³-hybridized carbons (Fsp3) is 0.600. The van der Waals surface area contributed by atoms with Gasteiger partial charge in [-0.15, -0.1) is 0 Å². The lowest BCUT2D eigenvalue weighted by atomic mass is 9.84. The Morgan fingerprint density at radius 3 is 2.90 bits per heavy atom. The summed E-state index contributed by atoms with van der Waals surface area (Å²) in [6, 6.07) is 3.45. The molecule has 1 amide bonds. The number of fused-ring (bicyclic) bond motifs is 2. The fourth-order valence-corrected chi connectivity index (χ4v) is 3.73. The lowest BCUT2D eigenvalue weighted by Crippen LogP contribution is -2.46. The van der Waals surface area contributed by atoms with E-state index in [9.17, 15) is 4.79 Å². The number of nitrogens with two attached hydrogens (primary N) is 1. The zero-order valence-electron chi connectivity index (χ0n) is 11.8. The van der Waals surface area contributed by atoms with Crippen molar-refractivity contribution in [2.24, 2.45) is 23.5 Å². The standard InChI is InChI=1S/C15H20ClN3O2/c16-11-3-4-12(19-8-11)21-6-5-18-15(20)13-9-1-2-10(7-9)14(13)17/h3-4,8-10,13-14H,1-2,5-7,17H2,(H,18,20). The van der Waals surface area contributed by atoms with E-state index in [1.807, 2.05) is 0 Å². The molecule has 3 rings (SSSR count). The normalized spacial score (nSPS) is 30.4. The molecule has 0 spiro atoms. The van der Waals surface area contributed by atoms with Gasteiger partial charge in [-0.3, -0.25) is 4.79 Å². The quantitative estimate of drug-likeness (QED) is 0.810. The van der Waals surface area contributed by atoms with E-state index in [2.05, 4.69) is 10.3 Å². The molecule has 0 radical (unpaired) electrons. The van der Waals surface area contributed by atoms with E-state index in [1.165, 1.54) is 12.6 Å². The van der Waals surface area contributed by atoms with Gasteiger partial charge in [-0.05, 0) is 37.2 Å². The van der Waals surface area contributed by atoms with Crippen molar-refractivity contribution in [3.05, 3.63) is 23.4 Å². The first-order chi connectivity index (χ1) is 10.1. The van der Waals surface area contributed by atoms with Gasteiger partial charge in [0.15, 0.2) is 0 Å². The van der Waals surface area contributed by atoms with Crippen LogP contribution in [0.25, 0.3) is 0 Å². The zero-order chi connectivity index (χ0) is 14.8. The maximum absolute atomic E-state index is 12.2. The predicted molar refractivity (Wildman–Crippen MR) is 80.0 cm³/mol. The summed E-state index contributed by atoms with van der Waals surface area (Å²) < 4.78 is 5.45. The third kappa shape index (κ3) is 3.14. The smallest absolute Gasteiger partial charge is 0.225 e. The van der Waals surface area contributed by atoms with Crippen LogP contribution in [0.4, 0.5) is 0 Å². The summed E-state index contributed by atoms with van der Waals surface area (Å²) >= 11 is 5.74. The second kappa shape index (κ2) is 6.20. The Morgan fingerprint density at radius 2 is 2.24 bits per heavy atom. The summed E-state index contributed by atoms with van der Waals surface area (Å²) in [4.78, 5) is 16.3. The molecule has 114 valence electrons. The number of rotatable bonds is 5. The molecule has 1 heterocycles. The van der Waals surface area contributed by atoms with Crippen LogP contribution < -0.4 is 15.8 Å². The van der Waals surface area contributed by atoms with Gasteiger partial charge in [-0.2, -0.15) is 0 Å². The fourth-order valence-electron chi connectivity index (χ4n) is 3.62. The number of ether oxygens (including phenoxy) is 1. The minimum atomic E-state index is -0.0163. The van der Waals surface area contributed by atoms with E-state index in [4.69, 9.17) is 22.1 Å². The number of halogens is 1. The molecule has 2 saturated carbocycles. The van der Waals surface area contributed by atoms with Crippen molar-refractivity contribution < 1.29 is 9.53 Å². The average Bonchev–Trinajstić information content (AvgIpc) is 3.06. The number of hydrogen-bond acceptors (Lipinski definition) is 4. The molecule has 0 saturated heterocycles. The van der Waals surface area contributed by atoms with Crippen molar-refractivity contribution in [1.82, 2.24) is 10.3 Å². The molecule has 2 aliphatic rings. The third-order valence-corrected chi connectivity index (χ3v) is 4.86. The van der Waals surface area contributed by atoms with E-state index < -0.39 is 0 Å². The largest absolute Gasteiger partial charge is 0.476 e. The van der Waals surface area contributed by atoms with Crippen LogP contribution >= 0.6 is 11.6 Å². The Bertz CT molecular complexity index is 506. The Hall–Kier alpha value is -1.33. The summed E-state index contributed by atoms with van der Waals surface area (Å²) in [7, 11) is 0. The van der Waals surface area contributed by atoms with Crippen molar-refractivity contribution >= 4 is 17.5 Å². The Labute approximate surface area is 129 Å². The topological polar surface area (TPSA) is 77.2 Å². The number of aromatic nitrogens is 1. The number of carbonyl (C=O) groups excluding carboxylic acids is 1. The number of pyridine rings is 1. The van der Waals surface area contributed by atoms with Gasteiger partial charge in [0.2, 0.25) is 11.8 Å². The summed E-state index contributed by atoms with van der Waals surface area (Å²) in [5.74, 6) is 1.58. The molecule has 6 heteroatoms. The molecule has 4 unspecified atom stereocenters. The number of nitrogens with one attached hydrogen (secondary N) is 1. The highest BCUT2D eigenvalue weighted by Gasteiger charge is 2.48. The average molecular weight is 310 g/mol. The minimum Gasteiger partial charge on any atom is -0.476 e. The van der Waals surface area contributed by atoms with Crippen LogP contribution in [0.15, 0.2) is 18.3 Å². The SMILES string of the molecule is NC1C2CCC(C2)C1C(=O)NCCOc1ccc(Cl)cn1. The monoisotopic (exact) mass is 309 g/mol. The van der Waals surface area contributed by atoms with Crippen molar-refractivity contribution in [3.8, 4) is 5.88 Å². The van der Waals surface area contributed by atoms with Gasteiger partial charge in [0.05, 0.1) is 17.5 Å². The second-order valence-electron chi connectivity index (χ2n) is 5.89. The first-order valence-corrected chi connectivity index (χ1v) is 7.80. The zero-order valence-corrected chi connectivity index (χ0v) is 12.6. The maximum Gasteiger partial charge on any atom is 0.225 e. The highest BCUT2D eigenvalue weighted by atomic mass is 35.5. The summed E-state index contributed by atoms with van der Waals surface area (Å²) in [6.45, 7) is 0.847. The van der Waals surface area contributed by atoms with Crippen LogP contribution in [0.5, 0.6) is 5.88 Å². The molecular formula is C15H20ClN3O2. The van der Waals surface area contributed by atoms with E-state index >= 15 is 0 Å². The number of nitrogens with zero attached hydrogens (tertiary/aromatic N) is 1. The van der Waals surface area contributed by atoms with E-state index in [0.29, 0.717) is 35.9 Å². The van der Waals surface area contributed by atoms with Crippen molar-refractivity contribution in [1.29, 1.82) is 0 Å². The Kier molecular flexibility index (Phi) is 4.31. The molecule has 1 aromatic rings. The van der Waals surface area contributed by atoms with Crippen LogP contribution in [0.3, 0.4) is 0 Å². The molecular weight excluding hydrogens is 290 g/mol. The van der Waals surface area contributed by atoms with Crippen LogP contribution in [0.2, 0.25) is 5.02 Å². The highest BCUT2D eigenvalue weighted by Crippen LogP contribution is 2.47. The van der Waals surface area contributed by atoms with Crippen LogP contribution in [0, 0.1) is 17.8 Å². The van der Waals surface area contributed by atoms with Crippen molar-refractivity contribution in [3.63, 3.8) is 0 Å². The molecule has 2 aliphatic carbocycles. The third-order valence-electron chi connectivity index (χ3n) is 4.63. The first kappa shape index (κ1) is 14.6. The Morgan fingerprint density at radius 1 is 1.43 bits per heavy atom. The summed E-state index contributed by atoms with van der Waals surface area (Å²) in [5.41, 5.74) is 6.16. The van der Waals surface area contributed by atoms with Gasteiger partial charge in [0.1, 0.15) is 6.61 Å². The van der Waals surface area contributed by atoms with Gasteiger partial charge < -0.3 is 15.8 Å². The number of amides is 1. The van der Waals surface area contributed by atoms with Gasteiger partial charge >= 0.3 is 0 Å². The lowest BCUT2D eigenvalue weighted by molar-refractivity contribution is -0.127. The molecule has 3 N–H and O–H groups in total. The molecule has 1 aromatic heterocycles. The van der Waals surface area contributed by atoms with Crippen molar-refractivity contribution in [2.75, 3.05) is 13.2 Å². The van der Waals surface area contributed by atoms with Gasteiger partial charge in [-0.1, -0.05) is 11.6 Å². The molecule has 0 aliphatic heterocycles. The van der Waals surface area contributed by atoms with Crippen LogP contribution in [-0.4, -0.2) is 30.1 Å². The number of carbonyl (C=O) groups is 1. The molecule has 5 nitrogen and oxygen atoms in total. The highest BCUT2D eigenvalue weighted by molar-refractivity contribution is 6.30. The van der Waals surface area contributed by atoms with E-state index in [-0.39, 0.29) is 17.9 Å². The summed E-state index contributed by atoms with van der Waals surface area (Å²) in [5, 5.41) is 3.49. The maximum atomic E-state index is 12.2. The van der Waals surface area contributed by atoms with E-state index in [0.717, 1.165) is 12.8 Å². The van der Waals surface area contributed by atoms with Gasteiger partial charge in [0.25, 0.3) is 0 Å². The minimum absolute atomic E-state index is 0.0163. The number of hydrogen-bond donors (Lipinski definition) is 2. The van der Waals surface area contributed by atoms with E-state index in [1.54, 1.807) is 12.1 Å². The predicted octanol–water partition coefficient (Wildman–Crippen LogP) is 1.60. The van der Waals surface area contributed by atoms with Crippen LogP contribution in [-0.2, 0) is 4.79 Å². The Balaban J connectivity index is 1.41.